The highest BCUT2D eigenvalue weighted by Gasteiger charge is 2.16. The van der Waals surface area contributed by atoms with Gasteiger partial charge in [-0.2, -0.15) is 0 Å². The maximum atomic E-state index is 11.9. The first-order valence-corrected chi connectivity index (χ1v) is 5.26. The predicted molar refractivity (Wildman–Crippen MR) is 68.1 cm³/mol. The molecule has 2 rings (SSSR count). The molecule has 0 bridgehead atoms. The number of hydrogen-bond acceptors (Lipinski definition) is 6. The van der Waals surface area contributed by atoms with Crippen LogP contribution in [0.4, 0.5) is 17.5 Å². The van der Waals surface area contributed by atoms with Gasteiger partial charge in [-0.25, -0.2) is 15.0 Å². The summed E-state index contributed by atoms with van der Waals surface area (Å²) in [6, 6.07) is 5.08. The van der Waals surface area contributed by atoms with Gasteiger partial charge in [0.2, 0.25) is 0 Å². The van der Waals surface area contributed by atoms with Crippen molar-refractivity contribution in [1.29, 1.82) is 0 Å². The molecular weight excluding hydrogens is 256 g/mol. The van der Waals surface area contributed by atoms with Crippen LogP contribution in [0.1, 0.15) is 10.5 Å². The molecule has 92 valence electrons. The third kappa shape index (κ3) is 2.46. The Balaban J connectivity index is 2.27. The molecule has 0 radical (unpaired) electrons. The van der Waals surface area contributed by atoms with E-state index in [0.717, 1.165) is 0 Å². The molecular formula is C10H9ClN6O. The van der Waals surface area contributed by atoms with E-state index in [2.05, 4.69) is 20.3 Å². The van der Waals surface area contributed by atoms with Gasteiger partial charge < -0.3 is 16.8 Å². The van der Waals surface area contributed by atoms with Crippen molar-refractivity contribution in [2.45, 2.75) is 0 Å². The van der Waals surface area contributed by atoms with E-state index in [1.807, 2.05) is 0 Å². The maximum Gasteiger partial charge on any atom is 0.279 e. The lowest BCUT2D eigenvalue weighted by Crippen LogP contribution is -2.18. The fourth-order valence-electron chi connectivity index (χ4n) is 1.22. The van der Waals surface area contributed by atoms with E-state index in [4.69, 9.17) is 23.1 Å². The van der Waals surface area contributed by atoms with E-state index in [-0.39, 0.29) is 22.5 Å². The minimum Gasteiger partial charge on any atom is -0.382 e. The summed E-state index contributed by atoms with van der Waals surface area (Å²) in [7, 11) is 0. The topological polar surface area (TPSA) is 120 Å². The summed E-state index contributed by atoms with van der Waals surface area (Å²) in [6.07, 6.45) is 1.54. The van der Waals surface area contributed by atoms with Gasteiger partial charge in [0.05, 0.1) is 0 Å². The van der Waals surface area contributed by atoms with Crippen LogP contribution in [-0.2, 0) is 0 Å². The van der Waals surface area contributed by atoms with Gasteiger partial charge in [0.15, 0.2) is 22.5 Å². The van der Waals surface area contributed by atoms with Gasteiger partial charge in [-0.15, -0.1) is 0 Å². The van der Waals surface area contributed by atoms with Crippen LogP contribution in [0.25, 0.3) is 0 Å². The number of nitrogens with zero attached hydrogens (tertiary/aromatic N) is 3. The molecule has 0 fully saturated rings. The van der Waals surface area contributed by atoms with Gasteiger partial charge in [0.25, 0.3) is 5.91 Å². The van der Waals surface area contributed by atoms with Gasteiger partial charge in [-0.05, 0) is 12.1 Å². The molecule has 2 heterocycles. The van der Waals surface area contributed by atoms with Gasteiger partial charge in [0.1, 0.15) is 5.82 Å². The Kier molecular flexibility index (Phi) is 3.24. The largest absolute Gasteiger partial charge is 0.382 e. The number of halogens is 1. The molecule has 0 unspecified atom stereocenters. The highest BCUT2D eigenvalue weighted by molar-refractivity contribution is 6.31. The lowest BCUT2D eigenvalue weighted by molar-refractivity contribution is 0.102. The lowest BCUT2D eigenvalue weighted by atomic mass is 10.3. The number of aromatic nitrogens is 3. The summed E-state index contributed by atoms with van der Waals surface area (Å²) in [5, 5.41) is 2.44. The summed E-state index contributed by atoms with van der Waals surface area (Å²) in [6.45, 7) is 0. The predicted octanol–water partition coefficient (Wildman–Crippen LogP) is 0.942. The number of amides is 1. The number of carbonyl (C=O) groups excluding carboxylic acids is 1. The van der Waals surface area contributed by atoms with Crippen molar-refractivity contribution in [1.82, 2.24) is 15.0 Å². The van der Waals surface area contributed by atoms with E-state index >= 15 is 0 Å². The monoisotopic (exact) mass is 264 g/mol. The zero-order chi connectivity index (χ0) is 13.1. The number of hydrogen-bond donors (Lipinski definition) is 3. The molecule has 1 amide bonds. The molecule has 18 heavy (non-hydrogen) atoms. The number of nitrogens with two attached hydrogens (primary N) is 2. The third-order valence-corrected chi connectivity index (χ3v) is 2.30. The van der Waals surface area contributed by atoms with E-state index in [1.165, 1.54) is 0 Å². The van der Waals surface area contributed by atoms with Gasteiger partial charge in [-0.3, -0.25) is 4.79 Å². The van der Waals surface area contributed by atoms with Gasteiger partial charge >= 0.3 is 0 Å². The standard InChI is InChI=1S/C10H9ClN6O/c11-7-9(13)17-8(12)6(16-7)10(18)15-5-3-1-2-4-14-5/h1-4H,(H4,12,13,17)(H,14,15,18). The maximum absolute atomic E-state index is 11.9. The molecule has 0 spiro atoms. The van der Waals surface area contributed by atoms with Crippen molar-refractivity contribution < 1.29 is 4.79 Å². The fourth-order valence-corrected chi connectivity index (χ4v) is 1.35. The molecule has 0 saturated carbocycles. The summed E-state index contributed by atoms with van der Waals surface area (Å²) < 4.78 is 0. The van der Waals surface area contributed by atoms with Crippen LogP contribution in [0.15, 0.2) is 24.4 Å². The SMILES string of the molecule is Nc1nc(N)c(C(=O)Nc2ccccn2)nc1Cl. The highest BCUT2D eigenvalue weighted by Crippen LogP contribution is 2.18. The summed E-state index contributed by atoms with van der Waals surface area (Å²) >= 11 is 5.68. The Morgan fingerprint density at radius 3 is 2.67 bits per heavy atom. The average Bonchev–Trinajstić information content (AvgIpc) is 2.35. The molecule has 0 aliphatic carbocycles. The molecule has 5 N–H and O–H groups in total. The van der Waals surface area contributed by atoms with Crippen molar-refractivity contribution in [2.24, 2.45) is 0 Å². The molecule has 0 aromatic carbocycles. The van der Waals surface area contributed by atoms with Crippen LogP contribution in [0.5, 0.6) is 0 Å². The van der Waals surface area contributed by atoms with Crippen LogP contribution < -0.4 is 16.8 Å². The number of rotatable bonds is 2. The zero-order valence-corrected chi connectivity index (χ0v) is 9.85. The van der Waals surface area contributed by atoms with Gasteiger partial charge in [-0.1, -0.05) is 17.7 Å². The first-order chi connectivity index (χ1) is 8.58. The van der Waals surface area contributed by atoms with E-state index in [1.54, 1.807) is 24.4 Å². The molecule has 0 saturated heterocycles. The molecule has 0 atom stereocenters. The number of anilines is 3. The van der Waals surface area contributed by atoms with Crippen molar-refractivity contribution in [2.75, 3.05) is 16.8 Å². The minimum atomic E-state index is -0.555. The van der Waals surface area contributed by atoms with Crippen molar-refractivity contribution in [3.8, 4) is 0 Å². The first kappa shape index (κ1) is 12.1. The van der Waals surface area contributed by atoms with Crippen molar-refractivity contribution >= 4 is 35.0 Å². The Labute approximate surface area is 107 Å². The second kappa shape index (κ2) is 4.84. The quantitative estimate of drug-likeness (QED) is 0.742. The Morgan fingerprint density at radius 2 is 2.00 bits per heavy atom. The highest BCUT2D eigenvalue weighted by atomic mass is 35.5. The molecule has 7 nitrogen and oxygen atoms in total. The number of pyridine rings is 1. The number of nitrogens with one attached hydrogen (secondary N) is 1. The smallest absolute Gasteiger partial charge is 0.279 e. The average molecular weight is 265 g/mol. The van der Waals surface area contributed by atoms with Crippen LogP contribution in [-0.4, -0.2) is 20.9 Å². The third-order valence-electron chi connectivity index (χ3n) is 2.03. The number of carbonyl (C=O) groups is 1. The van der Waals surface area contributed by atoms with Crippen LogP contribution in [0.3, 0.4) is 0 Å². The van der Waals surface area contributed by atoms with Crippen molar-refractivity contribution in [3.63, 3.8) is 0 Å². The molecule has 2 aromatic rings. The van der Waals surface area contributed by atoms with E-state index in [9.17, 15) is 4.79 Å². The van der Waals surface area contributed by atoms with Gasteiger partial charge in [0, 0.05) is 6.20 Å². The first-order valence-electron chi connectivity index (χ1n) is 4.89. The minimum absolute atomic E-state index is 0.0245. The summed E-state index contributed by atoms with van der Waals surface area (Å²) in [5.41, 5.74) is 10.9. The number of nitrogen functional groups attached to an aromatic ring is 2. The second-order valence-corrected chi connectivity index (χ2v) is 3.66. The second-order valence-electron chi connectivity index (χ2n) is 3.30. The van der Waals surface area contributed by atoms with E-state index in [0.29, 0.717) is 5.82 Å². The van der Waals surface area contributed by atoms with Crippen molar-refractivity contribution in [3.05, 3.63) is 35.2 Å². The molecule has 0 aliphatic rings. The Bertz CT molecular complexity index is 588. The lowest BCUT2D eigenvalue weighted by Gasteiger charge is -2.06. The zero-order valence-electron chi connectivity index (χ0n) is 9.09. The normalized spacial score (nSPS) is 10.1. The summed E-state index contributed by atoms with van der Waals surface area (Å²) in [5.74, 6) is -0.300. The molecule has 2 aromatic heterocycles. The van der Waals surface area contributed by atoms with E-state index < -0.39 is 5.91 Å². The van der Waals surface area contributed by atoms with Crippen LogP contribution in [0, 0.1) is 0 Å². The Morgan fingerprint density at radius 1 is 1.22 bits per heavy atom. The van der Waals surface area contributed by atoms with Crippen LogP contribution >= 0.6 is 11.6 Å². The molecule has 8 heteroatoms. The Hall–Kier alpha value is -2.41. The fraction of sp³-hybridized carbons (Fsp3) is 0. The molecule has 0 aliphatic heterocycles. The van der Waals surface area contributed by atoms with Crippen LogP contribution in [0.2, 0.25) is 5.15 Å². The summed E-state index contributed by atoms with van der Waals surface area (Å²) in [4.78, 5) is 23.3.